The maximum absolute atomic E-state index is 13.3. The van der Waals surface area contributed by atoms with E-state index < -0.39 is 0 Å². The average Bonchev–Trinajstić information content (AvgIpc) is 3.29. The number of aromatic nitrogens is 4. The molecule has 4 aromatic rings. The Labute approximate surface area is 204 Å². The monoisotopic (exact) mass is 475 g/mol. The molecular formula is C26H29N5O4. The molecule has 2 aromatic carbocycles. The SMILES string of the molecule is CCCCc1nc(NC(=O)c2cc(OC)c(OC)c(OC)c2)c2ncn(Cc3ccccc3)c2n1. The molecule has 0 aliphatic rings. The third kappa shape index (κ3) is 5.18. The molecule has 0 saturated carbocycles. The molecule has 0 aliphatic carbocycles. The highest BCUT2D eigenvalue weighted by Crippen LogP contribution is 2.38. The molecule has 9 nitrogen and oxygen atoms in total. The van der Waals surface area contributed by atoms with Gasteiger partial charge in [-0.15, -0.1) is 0 Å². The zero-order valence-corrected chi connectivity index (χ0v) is 20.4. The molecule has 4 rings (SSSR count). The molecule has 1 amide bonds. The first-order chi connectivity index (χ1) is 17.1. The summed E-state index contributed by atoms with van der Waals surface area (Å²) in [5.74, 6) is 1.85. The number of anilines is 1. The van der Waals surface area contributed by atoms with Gasteiger partial charge in [-0.1, -0.05) is 43.7 Å². The standard InChI is InChI=1S/C26H29N5O4/c1-5-6-12-21-28-24(22-25(29-21)31(16-27-22)15-17-10-8-7-9-11-17)30-26(32)18-13-19(33-2)23(35-4)20(14-18)34-3/h7-11,13-14,16H,5-6,12,15H2,1-4H3,(H,28,29,30,32). The van der Waals surface area contributed by atoms with E-state index in [4.69, 9.17) is 19.2 Å². The third-order valence-corrected chi connectivity index (χ3v) is 5.62. The van der Waals surface area contributed by atoms with Gasteiger partial charge in [0.1, 0.15) is 5.82 Å². The number of unbranched alkanes of at least 4 members (excludes halogenated alkanes) is 1. The van der Waals surface area contributed by atoms with Crippen LogP contribution < -0.4 is 19.5 Å². The summed E-state index contributed by atoms with van der Waals surface area (Å²) in [6.45, 7) is 2.73. The van der Waals surface area contributed by atoms with E-state index in [0.717, 1.165) is 18.4 Å². The van der Waals surface area contributed by atoms with Crippen molar-refractivity contribution in [2.45, 2.75) is 32.7 Å². The molecule has 0 aliphatic heterocycles. The summed E-state index contributed by atoms with van der Waals surface area (Å²) in [5, 5.41) is 2.92. The number of rotatable bonds is 10. The Kier molecular flexibility index (Phi) is 7.45. The summed E-state index contributed by atoms with van der Waals surface area (Å²) in [6.07, 6.45) is 4.39. The van der Waals surface area contributed by atoms with E-state index in [2.05, 4.69) is 34.3 Å². The van der Waals surface area contributed by atoms with Crippen molar-refractivity contribution in [2.75, 3.05) is 26.6 Å². The number of amides is 1. The van der Waals surface area contributed by atoms with Crippen molar-refractivity contribution in [1.82, 2.24) is 19.5 Å². The minimum Gasteiger partial charge on any atom is -0.493 e. The minimum absolute atomic E-state index is 0.338. The van der Waals surface area contributed by atoms with Crippen LogP contribution in [0.3, 0.4) is 0 Å². The summed E-state index contributed by atoms with van der Waals surface area (Å²) < 4.78 is 18.1. The summed E-state index contributed by atoms with van der Waals surface area (Å²) in [6, 6.07) is 13.3. The summed E-state index contributed by atoms with van der Waals surface area (Å²) >= 11 is 0. The van der Waals surface area contributed by atoms with Crippen LogP contribution in [0, 0.1) is 0 Å². The molecule has 2 aromatic heterocycles. The molecule has 0 radical (unpaired) electrons. The lowest BCUT2D eigenvalue weighted by molar-refractivity contribution is 0.102. The Morgan fingerprint density at radius 3 is 2.34 bits per heavy atom. The smallest absolute Gasteiger partial charge is 0.257 e. The van der Waals surface area contributed by atoms with Gasteiger partial charge in [0.2, 0.25) is 5.75 Å². The van der Waals surface area contributed by atoms with Crippen molar-refractivity contribution >= 4 is 22.9 Å². The Hall–Kier alpha value is -4.14. The van der Waals surface area contributed by atoms with Crippen molar-refractivity contribution in [1.29, 1.82) is 0 Å². The number of hydrogen-bond acceptors (Lipinski definition) is 7. The highest BCUT2D eigenvalue weighted by molar-refractivity contribution is 6.07. The van der Waals surface area contributed by atoms with Crippen LogP contribution in [0.25, 0.3) is 11.2 Å². The first kappa shape index (κ1) is 24.0. The van der Waals surface area contributed by atoms with Crippen LogP contribution in [-0.4, -0.2) is 46.8 Å². The van der Waals surface area contributed by atoms with Crippen LogP contribution >= 0.6 is 0 Å². The van der Waals surface area contributed by atoms with E-state index in [9.17, 15) is 4.79 Å². The van der Waals surface area contributed by atoms with Gasteiger partial charge in [-0.2, -0.15) is 0 Å². The molecule has 0 spiro atoms. The number of carbonyl (C=O) groups excluding carboxylic acids is 1. The van der Waals surface area contributed by atoms with Crippen molar-refractivity contribution in [2.24, 2.45) is 0 Å². The lowest BCUT2D eigenvalue weighted by Gasteiger charge is -2.14. The maximum atomic E-state index is 13.3. The van der Waals surface area contributed by atoms with E-state index >= 15 is 0 Å². The molecule has 0 atom stereocenters. The van der Waals surface area contributed by atoms with Crippen LogP contribution in [0.1, 0.15) is 41.5 Å². The highest BCUT2D eigenvalue weighted by atomic mass is 16.5. The first-order valence-corrected chi connectivity index (χ1v) is 11.4. The lowest BCUT2D eigenvalue weighted by atomic mass is 10.1. The Balaban J connectivity index is 1.72. The molecule has 35 heavy (non-hydrogen) atoms. The Morgan fingerprint density at radius 1 is 1.00 bits per heavy atom. The van der Waals surface area contributed by atoms with E-state index in [0.29, 0.717) is 58.6 Å². The number of aryl methyl sites for hydroxylation is 1. The molecule has 0 unspecified atom stereocenters. The predicted octanol–water partition coefficient (Wildman–Crippen LogP) is 4.50. The Bertz CT molecular complexity index is 1300. The predicted molar refractivity (Wildman–Crippen MR) is 134 cm³/mol. The quantitative estimate of drug-likeness (QED) is 0.360. The number of imidazole rings is 1. The number of benzene rings is 2. The van der Waals surface area contributed by atoms with Gasteiger partial charge in [-0.05, 0) is 24.1 Å². The van der Waals surface area contributed by atoms with Gasteiger partial charge in [0, 0.05) is 12.0 Å². The highest BCUT2D eigenvalue weighted by Gasteiger charge is 2.20. The molecule has 1 N–H and O–H groups in total. The first-order valence-electron chi connectivity index (χ1n) is 11.4. The number of ether oxygens (including phenoxy) is 3. The largest absolute Gasteiger partial charge is 0.493 e. The van der Waals surface area contributed by atoms with E-state index in [1.165, 1.54) is 21.3 Å². The van der Waals surface area contributed by atoms with Gasteiger partial charge < -0.3 is 24.1 Å². The fraction of sp³-hybridized carbons (Fsp3) is 0.308. The molecule has 2 heterocycles. The van der Waals surface area contributed by atoms with E-state index in [-0.39, 0.29) is 5.91 Å². The summed E-state index contributed by atoms with van der Waals surface area (Å²) in [5.41, 5.74) is 2.67. The molecule has 0 bridgehead atoms. The van der Waals surface area contributed by atoms with Crippen molar-refractivity contribution < 1.29 is 19.0 Å². The fourth-order valence-electron chi connectivity index (χ4n) is 3.81. The van der Waals surface area contributed by atoms with Crippen molar-refractivity contribution in [3.05, 3.63) is 65.7 Å². The van der Waals surface area contributed by atoms with Crippen LogP contribution in [0.15, 0.2) is 48.8 Å². The van der Waals surface area contributed by atoms with Crippen LogP contribution in [-0.2, 0) is 13.0 Å². The Morgan fingerprint density at radius 2 is 1.71 bits per heavy atom. The van der Waals surface area contributed by atoms with Crippen LogP contribution in [0.5, 0.6) is 17.2 Å². The molecule has 9 heteroatoms. The number of nitrogens with one attached hydrogen (secondary N) is 1. The van der Waals surface area contributed by atoms with Gasteiger partial charge in [-0.3, -0.25) is 4.79 Å². The minimum atomic E-state index is -0.372. The second kappa shape index (κ2) is 10.9. The van der Waals surface area contributed by atoms with E-state index in [1.54, 1.807) is 18.5 Å². The maximum Gasteiger partial charge on any atom is 0.257 e. The molecular weight excluding hydrogens is 446 g/mol. The van der Waals surface area contributed by atoms with E-state index in [1.807, 2.05) is 22.8 Å². The number of nitrogens with zero attached hydrogens (tertiary/aromatic N) is 4. The lowest BCUT2D eigenvalue weighted by Crippen LogP contribution is -2.15. The van der Waals surface area contributed by atoms with Gasteiger partial charge in [0.05, 0.1) is 34.2 Å². The second-order valence-electron chi connectivity index (χ2n) is 7.99. The van der Waals surface area contributed by atoms with Crippen LogP contribution in [0.4, 0.5) is 5.82 Å². The molecule has 182 valence electrons. The fourth-order valence-corrected chi connectivity index (χ4v) is 3.81. The van der Waals surface area contributed by atoms with Crippen LogP contribution in [0.2, 0.25) is 0 Å². The van der Waals surface area contributed by atoms with Crippen molar-refractivity contribution in [3.63, 3.8) is 0 Å². The van der Waals surface area contributed by atoms with Gasteiger partial charge >= 0.3 is 0 Å². The number of fused-ring (bicyclic) bond motifs is 1. The molecule has 0 fully saturated rings. The van der Waals surface area contributed by atoms with Gasteiger partial charge in [0.15, 0.2) is 28.5 Å². The third-order valence-electron chi connectivity index (χ3n) is 5.62. The zero-order valence-electron chi connectivity index (χ0n) is 20.4. The zero-order chi connectivity index (χ0) is 24.8. The topological polar surface area (TPSA) is 100 Å². The normalized spacial score (nSPS) is 10.9. The molecule has 0 saturated heterocycles. The van der Waals surface area contributed by atoms with Crippen molar-refractivity contribution in [3.8, 4) is 17.2 Å². The number of carbonyl (C=O) groups is 1. The second-order valence-corrected chi connectivity index (χ2v) is 7.99. The number of hydrogen-bond donors (Lipinski definition) is 1. The summed E-state index contributed by atoms with van der Waals surface area (Å²) in [7, 11) is 4.53. The van der Waals surface area contributed by atoms with Gasteiger partial charge in [0.25, 0.3) is 5.91 Å². The average molecular weight is 476 g/mol. The summed E-state index contributed by atoms with van der Waals surface area (Å²) in [4.78, 5) is 27.2. The van der Waals surface area contributed by atoms with Gasteiger partial charge in [-0.25, -0.2) is 15.0 Å². The number of methoxy groups -OCH3 is 3.